The zero-order valence-electron chi connectivity index (χ0n) is 20.5. The second-order valence-electron chi connectivity index (χ2n) is 9.29. The van der Waals surface area contributed by atoms with Crippen LogP contribution in [0.1, 0.15) is 52.5 Å². The summed E-state index contributed by atoms with van der Waals surface area (Å²) in [4.78, 5) is 57.3. The number of carboxylic acids is 1. The number of hydrogen-bond donors (Lipinski definition) is 4. The van der Waals surface area contributed by atoms with E-state index >= 15 is 0 Å². The van der Waals surface area contributed by atoms with Crippen molar-refractivity contribution in [2.45, 2.75) is 65.5 Å². The van der Waals surface area contributed by atoms with Crippen molar-refractivity contribution in [2.75, 3.05) is 6.17 Å². The number of carboxylic acid groups (broad SMARTS) is 1. The van der Waals surface area contributed by atoms with Gasteiger partial charge in [-0.3, -0.25) is 9.59 Å². The van der Waals surface area contributed by atoms with E-state index in [0.717, 1.165) is 5.56 Å². The molecule has 0 aliphatic carbocycles. The standard InChI is InChI=1S/C23H38N2O6Si.Na/c1-16(2)12-19(22(27)25-20(23(28)29)13-17(3)4)14-32(30,31)15-24-21(26)11-10-18-8-6-5-7-9-18;/h5-9,16-17,19-20,30-31H,10-15H2,1-4H3,(H,24,26)(H,25,27)(H,28,29);/q;+1/p-1/t19-,20+;/m1./s1. The third-order valence-corrected chi connectivity index (χ3v) is 6.95. The molecule has 8 nitrogen and oxygen atoms in total. The van der Waals surface area contributed by atoms with Crippen molar-refractivity contribution in [3.8, 4) is 0 Å². The second kappa shape index (κ2) is 15.6. The van der Waals surface area contributed by atoms with Crippen LogP contribution in [0, 0.1) is 17.8 Å². The summed E-state index contributed by atoms with van der Waals surface area (Å²) in [5.41, 5.74) is 1.01. The van der Waals surface area contributed by atoms with Gasteiger partial charge in [0.05, 0.1) is 18.2 Å². The van der Waals surface area contributed by atoms with Crippen molar-refractivity contribution in [1.82, 2.24) is 10.6 Å². The molecule has 1 aromatic rings. The van der Waals surface area contributed by atoms with Crippen molar-refractivity contribution in [3.05, 3.63) is 35.9 Å². The number of amides is 2. The van der Waals surface area contributed by atoms with Crippen LogP contribution in [0.4, 0.5) is 0 Å². The number of benzene rings is 1. The smallest absolute Gasteiger partial charge is 0.548 e. The molecule has 0 heterocycles. The number of carbonyl (C=O) groups excluding carboxylic acids is 3. The Kier molecular flexibility index (Phi) is 15.0. The summed E-state index contributed by atoms with van der Waals surface area (Å²) in [6, 6.07) is 8.16. The molecular formula is C23H37N2NaO6Si. The molecule has 0 unspecified atom stereocenters. The van der Waals surface area contributed by atoms with E-state index in [1.165, 1.54) is 0 Å². The van der Waals surface area contributed by atoms with Gasteiger partial charge in [-0.25, -0.2) is 0 Å². The molecule has 0 aliphatic rings. The van der Waals surface area contributed by atoms with E-state index in [-0.39, 0.29) is 72.4 Å². The van der Waals surface area contributed by atoms with Crippen molar-refractivity contribution in [2.24, 2.45) is 17.8 Å². The molecule has 0 saturated heterocycles. The Bertz CT molecular complexity index is 746. The van der Waals surface area contributed by atoms with Crippen LogP contribution < -0.4 is 45.3 Å². The molecule has 10 heteroatoms. The molecule has 0 aromatic heterocycles. The number of nitrogens with one attached hydrogen (secondary N) is 2. The van der Waals surface area contributed by atoms with E-state index in [4.69, 9.17) is 0 Å². The van der Waals surface area contributed by atoms with Gasteiger partial charge in [0.25, 0.3) is 0 Å². The number of carbonyl (C=O) groups is 3. The molecule has 4 N–H and O–H groups in total. The predicted octanol–water partition coefficient (Wildman–Crippen LogP) is -2.35. The van der Waals surface area contributed by atoms with Gasteiger partial charge in [-0.2, -0.15) is 0 Å². The van der Waals surface area contributed by atoms with Crippen LogP contribution >= 0.6 is 0 Å². The summed E-state index contributed by atoms with van der Waals surface area (Å²) in [5.74, 6) is -2.85. The zero-order valence-corrected chi connectivity index (χ0v) is 23.5. The molecular weight excluding hydrogens is 451 g/mol. The van der Waals surface area contributed by atoms with E-state index in [0.29, 0.717) is 12.8 Å². The topological polar surface area (TPSA) is 139 Å². The van der Waals surface area contributed by atoms with Gasteiger partial charge in [0.15, 0.2) is 0 Å². The van der Waals surface area contributed by atoms with Crippen LogP contribution in [-0.2, 0) is 20.8 Å². The zero-order chi connectivity index (χ0) is 24.3. The Morgan fingerprint density at radius 2 is 1.58 bits per heavy atom. The van der Waals surface area contributed by atoms with Crippen molar-refractivity contribution in [1.29, 1.82) is 0 Å². The van der Waals surface area contributed by atoms with Crippen LogP contribution in [0.15, 0.2) is 30.3 Å². The molecule has 180 valence electrons. The van der Waals surface area contributed by atoms with E-state index in [1.807, 2.05) is 58.0 Å². The van der Waals surface area contributed by atoms with Crippen LogP contribution in [0.2, 0.25) is 6.04 Å². The van der Waals surface area contributed by atoms with Crippen molar-refractivity contribution in [3.63, 3.8) is 0 Å². The monoisotopic (exact) mass is 488 g/mol. The number of aliphatic carboxylic acids is 1. The van der Waals surface area contributed by atoms with E-state index in [1.54, 1.807) is 0 Å². The first-order chi connectivity index (χ1) is 14.9. The number of rotatable bonds is 14. The van der Waals surface area contributed by atoms with Gasteiger partial charge in [0.2, 0.25) is 11.8 Å². The Morgan fingerprint density at radius 1 is 1.00 bits per heavy atom. The Morgan fingerprint density at radius 3 is 2.09 bits per heavy atom. The molecule has 2 atom stereocenters. The summed E-state index contributed by atoms with van der Waals surface area (Å²) in [6.45, 7) is 7.48. The van der Waals surface area contributed by atoms with Gasteiger partial charge in [0, 0.05) is 18.4 Å². The minimum absolute atomic E-state index is 0. The average Bonchev–Trinajstić information content (AvgIpc) is 2.69. The molecule has 0 radical (unpaired) electrons. The molecule has 0 spiro atoms. The summed E-state index contributed by atoms with van der Waals surface area (Å²) in [6.07, 6.45) is 1.05. The van der Waals surface area contributed by atoms with E-state index < -0.39 is 32.4 Å². The summed E-state index contributed by atoms with van der Waals surface area (Å²) >= 11 is 0. The predicted molar refractivity (Wildman–Crippen MR) is 122 cm³/mol. The molecule has 0 fully saturated rings. The first kappa shape index (κ1) is 31.8. The molecule has 0 bridgehead atoms. The first-order valence-corrected chi connectivity index (χ1v) is 13.5. The number of aryl methyl sites for hydroxylation is 1. The number of hydrogen-bond acceptors (Lipinski definition) is 6. The maximum atomic E-state index is 12.8. The van der Waals surface area contributed by atoms with Gasteiger partial charge in [-0.1, -0.05) is 58.0 Å². The largest absolute Gasteiger partial charge is 1.00 e. The van der Waals surface area contributed by atoms with Gasteiger partial charge in [-0.15, -0.1) is 0 Å². The third kappa shape index (κ3) is 13.9. The minimum atomic E-state index is -3.93. The summed E-state index contributed by atoms with van der Waals surface area (Å²) in [5, 5.41) is 16.4. The average molecular weight is 489 g/mol. The maximum Gasteiger partial charge on any atom is 1.00 e. The summed E-state index contributed by atoms with van der Waals surface area (Å²) < 4.78 is 0. The molecule has 0 aliphatic heterocycles. The van der Waals surface area contributed by atoms with E-state index in [9.17, 15) is 29.1 Å². The van der Waals surface area contributed by atoms with Gasteiger partial charge >= 0.3 is 38.1 Å². The van der Waals surface area contributed by atoms with Gasteiger partial charge in [0.1, 0.15) is 0 Å². The normalized spacial score (nSPS) is 13.2. The van der Waals surface area contributed by atoms with Crippen LogP contribution in [-0.4, -0.2) is 48.1 Å². The third-order valence-electron chi connectivity index (χ3n) is 5.06. The fourth-order valence-corrected chi connectivity index (χ4v) is 5.29. The molecule has 0 saturated carbocycles. The second-order valence-corrected chi connectivity index (χ2v) is 12.0. The molecule has 33 heavy (non-hydrogen) atoms. The van der Waals surface area contributed by atoms with Crippen LogP contribution in [0.25, 0.3) is 0 Å². The fourth-order valence-electron chi connectivity index (χ4n) is 3.53. The van der Waals surface area contributed by atoms with E-state index in [2.05, 4.69) is 10.6 Å². The molecule has 1 aromatic carbocycles. The molecule has 2 amide bonds. The van der Waals surface area contributed by atoms with Crippen molar-refractivity contribution < 1.29 is 58.6 Å². The first-order valence-electron chi connectivity index (χ1n) is 11.2. The maximum absolute atomic E-state index is 12.8. The van der Waals surface area contributed by atoms with Crippen molar-refractivity contribution >= 4 is 26.3 Å². The van der Waals surface area contributed by atoms with Gasteiger partial charge < -0.3 is 30.1 Å². The minimum Gasteiger partial charge on any atom is -0.548 e. The Hall–Kier alpha value is -1.23. The van der Waals surface area contributed by atoms with Crippen LogP contribution in [0.5, 0.6) is 0 Å². The Balaban J connectivity index is 0.0000102. The SMILES string of the molecule is CC(C)C[C@H](C[Si](O)(O)CNC(=O)CCc1ccccc1)C(=O)N[C@@H](CC(C)C)C(=O)[O-].[Na+]. The Labute approximate surface area is 220 Å². The quantitative estimate of drug-likeness (QED) is 0.216. The molecule has 1 rings (SSSR count). The fraction of sp³-hybridized carbons (Fsp3) is 0.609. The van der Waals surface area contributed by atoms with Gasteiger partial charge in [-0.05, 0) is 36.7 Å². The summed E-state index contributed by atoms with van der Waals surface area (Å²) in [7, 11) is -3.93. The van der Waals surface area contributed by atoms with Crippen LogP contribution in [0.3, 0.4) is 0 Å².